The minimum atomic E-state index is -0.921. The van der Waals surface area contributed by atoms with E-state index in [9.17, 15) is 14.4 Å². The van der Waals surface area contributed by atoms with Gasteiger partial charge >= 0.3 is 6.03 Å². The van der Waals surface area contributed by atoms with Crippen molar-refractivity contribution in [1.82, 2.24) is 5.32 Å². The van der Waals surface area contributed by atoms with Crippen molar-refractivity contribution in [2.24, 2.45) is 10.7 Å². The Morgan fingerprint density at radius 1 is 1.13 bits per heavy atom. The molecule has 0 aromatic heterocycles. The number of amides is 4. The molecular formula is C23H24N4O3S. The molecule has 3 N–H and O–H groups in total. The standard InChI is InChI=1S/C23H24N4O3S/c1-14(2)17-8-6-16(7-9-17)12-19-21(29)27(18-10-4-15(3)5-11-18)23(25-19)31-13-20(28)26-22(24)30/h4-12,14H,13H2,1-3H3,(H3,24,26,28,30). The fourth-order valence-electron chi connectivity index (χ4n) is 2.95. The van der Waals surface area contributed by atoms with Crippen LogP contribution in [-0.2, 0) is 9.59 Å². The second-order valence-corrected chi connectivity index (χ2v) is 8.37. The van der Waals surface area contributed by atoms with Crippen LogP contribution in [0.3, 0.4) is 0 Å². The lowest BCUT2D eigenvalue weighted by Crippen LogP contribution is -2.37. The van der Waals surface area contributed by atoms with Gasteiger partial charge in [-0.2, -0.15) is 0 Å². The average molecular weight is 437 g/mol. The van der Waals surface area contributed by atoms with E-state index >= 15 is 0 Å². The van der Waals surface area contributed by atoms with E-state index in [1.54, 1.807) is 6.08 Å². The number of carbonyl (C=O) groups excluding carboxylic acids is 3. The number of hydrogen-bond acceptors (Lipinski definition) is 5. The molecule has 0 atom stereocenters. The fourth-order valence-corrected chi connectivity index (χ4v) is 3.77. The van der Waals surface area contributed by atoms with Crippen LogP contribution in [0.4, 0.5) is 10.5 Å². The molecule has 160 valence electrons. The van der Waals surface area contributed by atoms with Crippen LogP contribution in [0, 0.1) is 6.92 Å². The van der Waals surface area contributed by atoms with Gasteiger partial charge in [0.15, 0.2) is 5.17 Å². The Bertz CT molecular complexity index is 1060. The number of nitrogens with two attached hydrogens (primary N) is 1. The Morgan fingerprint density at radius 2 is 1.77 bits per heavy atom. The number of carbonyl (C=O) groups is 3. The summed E-state index contributed by atoms with van der Waals surface area (Å²) in [5.41, 5.74) is 9.04. The van der Waals surface area contributed by atoms with E-state index in [4.69, 9.17) is 5.73 Å². The van der Waals surface area contributed by atoms with Crippen LogP contribution in [0.25, 0.3) is 6.08 Å². The number of benzene rings is 2. The molecule has 0 fully saturated rings. The van der Waals surface area contributed by atoms with Crippen molar-refractivity contribution in [3.8, 4) is 0 Å². The zero-order valence-electron chi connectivity index (χ0n) is 17.6. The zero-order valence-corrected chi connectivity index (χ0v) is 18.4. The van der Waals surface area contributed by atoms with Gasteiger partial charge in [0.2, 0.25) is 5.91 Å². The summed E-state index contributed by atoms with van der Waals surface area (Å²) >= 11 is 1.06. The van der Waals surface area contributed by atoms with Gasteiger partial charge in [0, 0.05) is 0 Å². The summed E-state index contributed by atoms with van der Waals surface area (Å²) in [5, 5.41) is 2.37. The molecule has 0 spiro atoms. The van der Waals surface area contributed by atoms with Gasteiger partial charge in [0.25, 0.3) is 5.91 Å². The minimum Gasteiger partial charge on any atom is -0.351 e. The topological polar surface area (TPSA) is 105 Å². The number of amidine groups is 1. The number of anilines is 1. The van der Waals surface area contributed by atoms with Gasteiger partial charge < -0.3 is 5.73 Å². The lowest BCUT2D eigenvalue weighted by atomic mass is 10.0. The second kappa shape index (κ2) is 9.61. The van der Waals surface area contributed by atoms with E-state index in [0.29, 0.717) is 16.8 Å². The van der Waals surface area contributed by atoms with Gasteiger partial charge in [0.1, 0.15) is 5.70 Å². The van der Waals surface area contributed by atoms with Crippen LogP contribution in [0.5, 0.6) is 0 Å². The molecule has 1 aliphatic rings. The Balaban J connectivity index is 1.90. The average Bonchev–Trinajstić information content (AvgIpc) is 3.02. The van der Waals surface area contributed by atoms with Gasteiger partial charge in [-0.3, -0.25) is 19.8 Å². The SMILES string of the molecule is Cc1ccc(N2C(=O)C(=Cc3ccc(C(C)C)cc3)N=C2SCC(=O)NC(N)=O)cc1. The highest BCUT2D eigenvalue weighted by Gasteiger charge is 2.32. The first kappa shape index (κ1) is 22.3. The van der Waals surface area contributed by atoms with E-state index in [2.05, 4.69) is 18.8 Å². The molecule has 0 saturated carbocycles. The third kappa shape index (κ3) is 5.61. The van der Waals surface area contributed by atoms with Gasteiger partial charge in [0.05, 0.1) is 11.4 Å². The minimum absolute atomic E-state index is 0.103. The molecule has 2 aromatic rings. The zero-order chi connectivity index (χ0) is 22.5. The predicted octanol–water partition coefficient (Wildman–Crippen LogP) is 3.79. The molecule has 1 heterocycles. The number of hydrogen-bond donors (Lipinski definition) is 2. The molecule has 8 heteroatoms. The molecule has 4 amide bonds. The summed E-state index contributed by atoms with van der Waals surface area (Å²) in [5.74, 6) is -0.527. The lowest BCUT2D eigenvalue weighted by Gasteiger charge is -2.17. The van der Waals surface area contributed by atoms with E-state index < -0.39 is 11.9 Å². The van der Waals surface area contributed by atoms with Crippen LogP contribution >= 0.6 is 11.8 Å². The van der Waals surface area contributed by atoms with Crippen molar-refractivity contribution >= 4 is 46.5 Å². The van der Waals surface area contributed by atoms with Gasteiger partial charge in [-0.15, -0.1) is 0 Å². The largest absolute Gasteiger partial charge is 0.351 e. The highest BCUT2D eigenvalue weighted by molar-refractivity contribution is 8.14. The van der Waals surface area contributed by atoms with Gasteiger partial charge in [-0.25, -0.2) is 9.79 Å². The number of nitrogens with zero attached hydrogens (tertiary/aromatic N) is 2. The summed E-state index contributed by atoms with van der Waals surface area (Å²) in [4.78, 5) is 41.8. The molecule has 0 radical (unpaired) electrons. The number of aryl methyl sites for hydroxylation is 1. The first-order valence-corrected chi connectivity index (χ1v) is 10.8. The van der Waals surface area contributed by atoms with Crippen molar-refractivity contribution < 1.29 is 14.4 Å². The van der Waals surface area contributed by atoms with Gasteiger partial charge in [-0.1, -0.05) is 67.6 Å². The molecule has 2 aromatic carbocycles. The lowest BCUT2D eigenvalue weighted by molar-refractivity contribution is -0.117. The van der Waals surface area contributed by atoms with Crippen molar-refractivity contribution in [2.45, 2.75) is 26.7 Å². The maximum atomic E-state index is 13.2. The molecule has 0 aliphatic carbocycles. The molecule has 3 rings (SSSR count). The third-order valence-corrected chi connectivity index (χ3v) is 5.56. The highest BCUT2D eigenvalue weighted by Crippen LogP contribution is 2.29. The number of imide groups is 1. The first-order chi connectivity index (χ1) is 14.7. The summed E-state index contributed by atoms with van der Waals surface area (Å²) in [6.45, 7) is 6.20. The summed E-state index contributed by atoms with van der Waals surface area (Å²) in [7, 11) is 0. The number of urea groups is 1. The third-order valence-electron chi connectivity index (χ3n) is 4.62. The molecule has 0 bridgehead atoms. The van der Waals surface area contributed by atoms with Crippen LogP contribution in [0.1, 0.15) is 36.5 Å². The number of aliphatic imine (C=N–C) groups is 1. The van der Waals surface area contributed by atoms with Gasteiger partial charge in [-0.05, 0) is 42.2 Å². The van der Waals surface area contributed by atoms with E-state index in [-0.39, 0.29) is 17.4 Å². The first-order valence-electron chi connectivity index (χ1n) is 9.78. The van der Waals surface area contributed by atoms with E-state index in [1.165, 1.54) is 10.5 Å². The fraction of sp³-hybridized carbons (Fsp3) is 0.217. The monoisotopic (exact) mass is 436 g/mol. The Labute approximate surface area is 185 Å². The molecule has 7 nitrogen and oxygen atoms in total. The Kier molecular flexibility index (Phi) is 6.91. The number of thioether (sulfide) groups is 1. The normalized spacial score (nSPS) is 14.8. The van der Waals surface area contributed by atoms with Crippen molar-refractivity contribution in [2.75, 3.05) is 10.7 Å². The Hall–Kier alpha value is -3.39. The molecule has 0 unspecified atom stereocenters. The second-order valence-electron chi connectivity index (χ2n) is 7.42. The van der Waals surface area contributed by atoms with Crippen molar-refractivity contribution in [3.63, 3.8) is 0 Å². The van der Waals surface area contributed by atoms with Crippen LogP contribution in [-0.4, -0.2) is 28.8 Å². The van der Waals surface area contributed by atoms with Crippen LogP contribution < -0.4 is 16.0 Å². The van der Waals surface area contributed by atoms with E-state index in [0.717, 1.165) is 22.9 Å². The van der Waals surface area contributed by atoms with E-state index in [1.807, 2.05) is 60.8 Å². The molecule has 31 heavy (non-hydrogen) atoms. The number of rotatable bonds is 5. The van der Waals surface area contributed by atoms with Crippen LogP contribution in [0.2, 0.25) is 0 Å². The predicted molar refractivity (Wildman–Crippen MR) is 125 cm³/mol. The smallest absolute Gasteiger partial charge is 0.318 e. The van der Waals surface area contributed by atoms with Crippen molar-refractivity contribution in [1.29, 1.82) is 0 Å². The molecular weight excluding hydrogens is 412 g/mol. The maximum Gasteiger partial charge on any atom is 0.318 e. The summed E-state index contributed by atoms with van der Waals surface area (Å²) in [6.07, 6.45) is 1.73. The van der Waals surface area contributed by atoms with Crippen molar-refractivity contribution in [3.05, 3.63) is 70.9 Å². The number of primary amides is 1. The van der Waals surface area contributed by atoms with Crippen LogP contribution in [0.15, 0.2) is 59.2 Å². The molecule has 1 aliphatic heterocycles. The summed E-state index contributed by atoms with van der Waals surface area (Å²) in [6, 6.07) is 14.5. The maximum absolute atomic E-state index is 13.2. The quantitative estimate of drug-likeness (QED) is 0.696. The Morgan fingerprint density at radius 3 is 2.35 bits per heavy atom. The summed E-state index contributed by atoms with van der Waals surface area (Å²) < 4.78 is 0. The number of nitrogens with one attached hydrogen (secondary N) is 1. The highest BCUT2D eigenvalue weighted by atomic mass is 32.2. The molecule has 0 saturated heterocycles.